The van der Waals surface area contributed by atoms with Gasteiger partial charge in [-0.1, -0.05) is 50.2 Å². The Balaban J connectivity index is 0.000000372. The SMILES string of the molecule is CC(C)C[N+]1(C)CC[C@]23c4c5ccc(OCc6ccccc6)c4O[C@H]2C(=O)CC[C@@]3(O)[C@H]1C5.O=S(=O)([O-])C(F)(F)F. The summed E-state index contributed by atoms with van der Waals surface area (Å²) in [5.41, 5.74) is -3.88. The van der Waals surface area contributed by atoms with E-state index in [1.54, 1.807) is 0 Å². The lowest BCUT2D eigenvalue weighted by Crippen LogP contribution is -2.81. The Kier molecular flexibility index (Phi) is 7.24. The van der Waals surface area contributed by atoms with Gasteiger partial charge in [-0.2, -0.15) is 13.2 Å². The summed E-state index contributed by atoms with van der Waals surface area (Å²) in [7, 11) is -3.78. The molecule has 5 atom stereocenters. The van der Waals surface area contributed by atoms with Crippen LogP contribution in [0.25, 0.3) is 0 Å². The zero-order valence-electron chi connectivity index (χ0n) is 23.1. The van der Waals surface area contributed by atoms with Gasteiger partial charge in [0, 0.05) is 30.7 Å². The minimum atomic E-state index is -6.09. The summed E-state index contributed by atoms with van der Waals surface area (Å²) < 4.78 is 72.5. The summed E-state index contributed by atoms with van der Waals surface area (Å²) in [4.78, 5) is 13.2. The van der Waals surface area contributed by atoms with Crippen molar-refractivity contribution in [3.8, 4) is 11.5 Å². The maximum atomic E-state index is 13.2. The topological polar surface area (TPSA) is 113 Å². The molecule has 12 heteroatoms. The molecule has 6 rings (SSSR count). The Morgan fingerprint density at radius 3 is 2.44 bits per heavy atom. The second-order valence-corrected chi connectivity index (χ2v) is 13.6. The summed E-state index contributed by atoms with van der Waals surface area (Å²) in [6.07, 6.45) is 1.87. The second kappa shape index (κ2) is 9.96. The summed E-state index contributed by atoms with van der Waals surface area (Å²) in [5, 5.41) is 12.5. The first-order valence-corrected chi connectivity index (χ1v) is 15.1. The number of likely N-dealkylation sites (tertiary alicyclic amines) is 1. The molecule has 2 aliphatic carbocycles. The van der Waals surface area contributed by atoms with Crippen molar-refractivity contribution in [2.45, 2.75) is 74.8 Å². The van der Waals surface area contributed by atoms with Gasteiger partial charge in [-0.05, 0) is 23.6 Å². The molecule has 224 valence electrons. The number of alkyl halides is 3. The number of nitrogens with zero attached hydrogens (tertiary/aromatic N) is 1. The monoisotopic (exact) mass is 597 g/mol. The van der Waals surface area contributed by atoms with Crippen LogP contribution >= 0.6 is 0 Å². The summed E-state index contributed by atoms with van der Waals surface area (Å²) in [6, 6.07) is 14.3. The molecule has 1 N–H and O–H groups in total. The fourth-order valence-corrected chi connectivity index (χ4v) is 7.72. The fourth-order valence-electron chi connectivity index (χ4n) is 7.72. The number of Topliss-reactive ketones (excluding diaryl/α,β-unsaturated/α-hetero) is 1. The zero-order valence-corrected chi connectivity index (χ0v) is 23.9. The minimum Gasteiger partial charge on any atom is -0.741 e. The second-order valence-electron chi connectivity index (χ2n) is 12.2. The Labute approximate surface area is 237 Å². The number of ketones is 1. The van der Waals surface area contributed by atoms with Crippen LogP contribution in [0, 0.1) is 5.92 Å². The van der Waals surface area contributed by atoms with Gasteiger partial charge in [0.2, 0.25) is 0 Å². The van der Waals surface area contributed by atoms with Crippen LogP contribution in [0.1, 0.15) is 49.8 Å². The third kappa shape index (κ3) is 4.72. The smallest absolute Gasteiger partial charge is 0.485 e. The van der Waals surface area contributed by atoms with Crippen molar-refractivity contribution < 1.29 is 50.0 Å². The highest BCUT2D eigenvalue weighted by Gasteiger charge is 2.76. The van der Waals surface area contributed by atoms with E-state index in [-0.39, 0.29) is 11.8 Å². The first kappa shape index (κ1) is 29.8. The summed E-state index contributed by atoms with van der Waals surface area (Å²) >= 11 is 0. The van der Waals surface area contributed by atoms with E-state index in [1.165, 1.54) is 5.56 Å². The van der Waals surface area contributed by atoms with Gasteiger partial charge >= 0.3 is 5.51 Å². The van der Waals surface area contributed by atoms with Crippen LogP contribution in [-0.2, 0) is 33.4 Å². The molecule has 1 spiro atoms. The lowest BCUT2D eigenvalue weighted by Gasteiger charge is -2.64. The van der Waals surface area contributed by atoms with E-state index < -0.39 is 32.7 Å². The van der Waals surface area contributed by atoms with Crippen molar-refractivity contribution in [1.29, 1.82) is 0 Å². The molecule has 1 saturated carbocycles. The van der Waals surface area contributed by atoms with E-state index in [2.05, 4.69) is 27.0 Å². The lowest BCUT2D eigenvalue weighted by atomic mass is 9.48. The van der Waals surface area contributed by atoms with Gasteiger partial charge in [0.15, 0.2) is 33.5 Å². The standard InChI is InChI=1S/C28H34NO4.CHF3O3S/c1-18(2)16-29(3)14-13-27-24-20-9-10-22(32-17-19-7-5-4-6-8-19)25(24)33-26(27)21(30)11-12-28(27,31)23(29)15-20;2-1(3,4)8(5,6)7/h4-10,18,23,26,31H,11-17H2,1-3H3;(H,5,6,7)/q+1;/p-1/t23-,26+,27+,28-,29?;/m1./s1. The predicted molar refractivity (Wildman–Crippen MR) is 141 cm³/mol. The molecule has 4 aliphatic rings. The molecular formula is C29H34F3NO7S. The highest BCUT2D eigenvalue weighted by molar-refractivity contribution is 7.86. The average molecular weight is 598 g/mol. The van der Waals surface area contributed by atoms with Gasteiger partial charge in [0.25, 0.3) is 0 Å². The molecule has 41 heavy (non-hydrogen) atoms. The van der Waals surface area contributed by atoms with Crippen LogP contribution < -0.4 is 9.47 Å². The van der Waals surface area contributed by atoms with Crippen molar-refractivity contribution in [2.24, 2.45) is 5.92 Å². The molecular weight excluding hydrogens is 563 g/mol. The number of halogens is 3. The highest BCUT2D eigenvalue weighted by atomic mass is 32.2. The number of quaternary nitrogens is 1. The van der Waals surface area contributed by atoms with Gasteiger partial charge in [0.1, 0.15) is 18.2 Å². The Hall–Kier alpha value is -2.67. The van der Waals surface area contributed by atoms with Crippen molar-refractivity contribution in [2.75, 3.05) is 20.1 Å². The number of rotatable bonds is 5. The van der Waals surface area contributed by atoms with Crippen LogP contribution in [0.3, 0.4) is 0 Å². The molecule has 2 fully saturated rings. The van der Waals surface area contributed by atoms with E-state index in [0.717, 1.165) is 41.5 Å². The first-order valence-electron chi connectivity index (χ1n) is 13.6. The molecule has 1 saturated heterocycles. The maximum Gasteiger partial charge on any atom is 0.485 e. The van der Waals surface area contributed by atoms with Crippen LogP contribution in [-0.4, -0.2) is 71.7 Å². The Bertz CT molecular complexity index is 1450. The molecule has 0 radical (unpaired) electrons. The molecule has 0 aromatic heterocycles. The number of hydrogen-bond donors (Lipinski definition) is 1. The predicted octanol–water partition coefficient (Wildman–Crippen LogP) is 3.84. The van der Waals surface area contributed by atoms with Gasteiger partial charge in [-0.3, -0.25) is 4.79 Å². The average Bonchev–Trinajstić information content (AvgIpc) is 3.24. The fraction of sp³-hybridized carbons (Fsp3) is 0.552. The van der Waals surface area contributed by atoms with Crippen molar-refractivity contribution >= 4 is 15.9 Å². The van der Waals surface area contributed by atoms with Gasteiger partial charge < -0.3 is 23.6 Å². The molecule has 2 heterocycles. The van der Waals surface area contributed by atoms with Crippen LogP contribution in [0.4, 0.5) is 13.2 Å². The van der Waals surface area contributed by atoms with E-state index in [0.29, 0.717) is 36.9 Å². The largest absolute Gasteiger partial charge is 0.741 e. The molecule has 8 nitrogen and oxygen atoms in total. The van der Waals surface area contributed by atoms with Crippen LogP contribution in [0.5, 0.6) is 11.5 Å². The van der Waals surface area contributed by atoms with Crippen molar-refractivity contribution in [1.82, 2.24) is 0 Å². The van der Waals surface area contributed by atoms with E-state index in [4.69, 9.17) is 22.4 Å². The van der Waals surface area contributed by atoms with E-state index in [9.17, 15) is 23.1 Å². The molecule has 2 aromatic carbocycles. The quantitative estimate of drug-likeness (QED) is 0.317. The van der Waals surface area contributed by atoms with Crippen molar-refractivity contribution in [3.05, 3.63) is 59.2 Å². The van der Waals surface area contributed by atoms with Gasteiger partial charge in [-0.25, -0.2) is 8.42 Å². The van der Waals surface area contributed by atoms with Crippen LogP contribution in [0.2, 0.25) is 0 Å². The molecule has 0 amide bonds. The van der Waals surface area contributed by atoms with Gasteiger partial charge in [-0.15, -0.1) is 0 Å². The number of hydrogen-bond acceptors (Lipinski definition) is 7. The van der Waals surface area contributed by atoms with E-state index >= 15 is 0 Å². The Morgan fingerprint density at radius 1 is 1.17 bits per heavy atom. The third-order valence-corrected chi connectivity index (χ3v) is 9.76. The number of likely N-dealkylation sites (N-methyl/N-ethyl adjacent to an activating group) is 1. The minimum absolute atomic E-state index is 0.0717. The molecule has 2 aromatic rings. The molecule has 1 unspecified atom stereocenters. The molecule has 2 bridgehead atoms. The van der Waals surface area contributed by atoms with Crippen LogP contribution in [0.15, 0.2) is 42.5 Å². The van der Waals surface area contributed by atoms with E-state index in [1.807, 2.05) is 36.4 Å². The van der Waals surface area contributed by atoms with Gasteiger partial charge in [0.05, 0.1) is 25.6 Å². The number of ether oxygens (including phenoxy) is 2. The maximum absolute atomic E-state index is 13.2. The number of aliphatic hydroxyl groups is 1. The number of piperidine rings is 1. The molecule has 2 aliphatic heterocycles. The normalized spacial score (nSPS) is 31.6. The summed E-state index contributed by atoms with van der Waals surface area (Å²) in [5.74, 6) is 2.04. The lowest BCUT2D eigenvalue weighted by molar-refractivity contribution is -0.951. The number of benzene rings is 2. The zero-order chi connectivity index (χ0) is 30.0. The number of carbonyl (C=O) groups is 1. The first-order chi connectivity index (χ1) is 19.0. The third-order valence-electron chi connectivity index (χ3n) is 9.19. The summed E-state index contributed by atoms with van der Waals surface area (Å²) in [6.45, 7) is 6.94. The highest BCUT2D eigenvalue weighted by Crippen LogP contribution is 2.65. The van der Waals surface area contributed by atoms with Crippen molar-refractivity contribution in [3.63, 3.8) is 0 Å². The number of carbonyl (C=O) groups excluding carboxylic acids is 1. The Morgan fingerprint density at radius 2 is 1.83 bits per heavy atom.